The molecule has 1 heterocycles. The first-order valence-electron chi connectivity index (χ1n) is 9.39. The largest absolute Gasteiger partial charge is 0.506 e. The first-order chi connectivity index (χ1) is 14.7. The Kier molecular flexibility index (Phi) is 4.45. The Morgan fingerprint density at radius 1 is 0.645 bits per heavy atom. The molecule has 31 heavy (non-hydrogen) atoms. The molecule has 4 aromatic rings. The molecule has 0 aliphatic carbocycles. The van der Waals surface area contributed by atoms with Gasteiger partial charge in [-0.05, 0) is 47.2 Å². The molecular formula is C24H16Cl2O5. The molecule has 0 radical (unpaired) electrons. The third kappa shape index (κ3) is 2.90. The summed E-state index contributed by atoms with van der Waals surface area (Å²) in [6.07, 6.45) is 0. The number of aromatic hydroxyl groups is 2. The summed E-state index contributed by atoms with van der Waals surface area (Å²) in [6.45, 7) is 0. The molecule has 156 valence electrons. The van der Waals surface area contributed by atoms with E-state index in [-0.39, 0.29) is 32.7 Å². The molecule has 4 aromatic carbocycles. The number of halogens is 2. The number of benzene rings is 4. The lowest BCUT2D eigenvalue weighted by atomic mass is 9.82. The number of rotatable bonds is 2. The quantitative estimate of drug-likeness (QED) is 0.343. The van der Waals surface area contributed by atoms with E-state index in [1.807, 2.05) is 12.1 Å². The Bertz CT molecular complexity index is 1260. The van der Waals surface area contributed by atoms with E-state index in [4.69, 9.17) is 27.9 Å². The van der Waals surface area contributed by atoms with E-state index in [1.165, 1.54) is 36.4 Å². The summed E-state index contributed by atoms with van der Waals surface area (Å²) < 4.78 is 6.07. The van der Waals surface area contributed by atoms with Crippen molar-refractivity contribution in [2.45, 2.75) is 11.6 Å². The molecule has 1 aliphatic heterocycles. The lowest BCUT2D eigenvalue weighted by Crippen LogP contribution is -2.46. The highest BCUT2D eigenvalue weighted by Crippen LogP contribution is 2.51. The van der Waals surface area contributed by atoms with E-state index in [9.17, 15) is 20.4 Å². The zero-order valence-electron chi connectivity index (χ0n) is 15.9. The summed E-state index contributed by atoms with van der Waals surface area (Å²) in [6, 6.07) is 19.1. The van der Waals surface area contributed by atoms with Crippen LogP contribution in [0, 0.1) is 0 Å². The van der Waals surface area contributed by atoms with Gasteiger partial charge < -0.3 is 25.2 Å². The van der Waals surface area contributed by atoms with Crippen LogP contribution >= 0.6 is 23.2 Å². The average Bonchev–Trinajstić information content (AvgIpc) is 2.75. The highest BCUT2D eigenvalue weighted by Gasteiger charge is 2.50. The van der Waals surface area contributed by atoms with Crippen LogP contribution in [0.3, 0.4) is 0 Å². The van der Waals surface area contributed by atoms with Gasteiger partial charge in [0, 0.05) is 22.3 Å². The van der Waals surface area contributed by atoms with Gasteiger partial charge in [-0.25, -0.2) is 0 Å². The van der Waals surface area contributed by atoms with Crippen molar-refractivity contribution in [3.05, 3.63) is 105 Å². The molecular weight excluding hydrogens is 439 g/mol. The minimum absolute atomic E-state index is 0.0248. The molecule has 5 rings (SSSR count). The zero-order chi connectivity index (χ0) is 22.0. The lowest BCUT2D eigenvalue weighted by Gasteiger charge is -2.44. The molecule has 2 atom stereocenters. The van der Waals surface area contributed by atoms with Crippen molar-refractivity contribution in [1.29, 1.82) is 0 Å². The molecule has 0 amide bonds. The van der Waals surface area contributed by atoms with Crippen molar-refractivity contribution in [1.82, 2.24) is 0 Å². The lowest BCUT2D eigenvalue weighted by molar-refractivity contribution is -0.315. The minimum atomic E-state index is -2.11. The molecule has 0 bridgehead atoms. The van der Waals surface area contributed by atoms with Crippen molar-refractivity contribution in [2.75, 3.05) is 0 Å². The summed E-state index contributed by atoms with van der Waals surface area (Å²) in [5.74, 6) is -4.51. The number of aliphatic hydroxyl groups is 2. The van der Waals surface area contributed by atoms with Crippen molar-refractivity contribution in [2.24, 2.45) is 0 Å². The third-order valence-corrected chi connectivity index (χ3v) is 6.21. The fourth-order valence-electron chi connectivity index (χ4n) is 4.09. The number of ether oxygens (including phenoxy) is 1. The molecule has 7 heteroatoms. The van der Waals surface area contributed by atoms with Crippen LogP contribution in [0.25, 0.3) is 10.8 Å². The highest BCUT2D eigenvalue weighted by molar-refractivity contribution is 6.32. The summed E-state index contributed by atoms with van der Waals surface area (Å²) in [5.41, 5.74) is 1.27. The number of hydrogen-bond donors (Lipinski definition) is 4. The summed E-state index contributed by atoms with van der Waals surface area (Å²) in [4.78, 5) is 0. The third-order valence-electron chi connectivity index (χ3n) is 5.61. The van der Waals surface area contributed by atoms with Gasteiger partial charge in [0.1, 0.15) is 11.5 Å². The Morgan fingerprint density at radius 2 is 1.10 bits per heavy atom. The molecule has 0 saturated heterocycles. The molecule has 2 unspecified atom stereocenters. The first kappa shape index (κ1) is 20.1. The molecule has 0 saturated carbocycles. The van der Waals surface area contributed by atoms with Crippen molar-refractivity contribution >= 4 is 34.0 Å². The molecule has 0 aromatic heterocycles. The van der Waals surface area contributed by atoms with E-state index in [0.29, 0.717) is 16.5 Å². The highest BCUT2D eigenvalue weighted by atomic mass is 35.5. The van der Waals surface area contributed by atoms with Crippen molar-refractivity contribution < 1.29 is 25.2 Å². The van der Waals surface area contributed by atoms with E-state index in [1.54, 1.807) is 24.3 Å². The molecule has 0 spiro atoms. The molecule has 1 aliphatic rings. The van der Waals surface area contributed by atoms with Gasteiger partial charge in [-0.1, -0.05) is 59.6 Å². The SMILES string of the molecule is Oc1ccc(C2(O)OC(O)(c3ccc(O)c(Cl)c3)c3cccc4cccc2c34)cc1Cl. The fourth-order valence-corrected chi connectivity index (χ4v) is 4.45. The van der Waals surface area contributed by atoms with Gasteiger partial charge >= 0.3 is 0 Å². The predicted molar refractivity (Wildman–Crippen MR) is 117 cm³/mol. The molecule has 4 N–H and O–H groups in total. The average molecular weight is 455 g/mol. The van der Waals surface area contributed by atoms with Crippen LogP contribution in [0.15, 0.2) is 72.8 Å². The first-order valence-corrected chi connectivity index (χ1v) is 10.2. The second kappa shape index (κ2) is 6.85. The van der Waals surface area contributed by atoms with Gasteiger partial charge in [0.25, 0.3) is 0 Å². The van der Waals surface area contributed by atoms with Crippen LogP contribution in [0.5, 0.6) is 11.5 Å². The van der Waals surface area contributed by atoms with Crippen molar-refractivity contribution in [3.63, 3.8) is 0 Å². The van der Waals surface area contributed by atoms with Crippen molar-refractivity contribution in [3.8, 4) is 11.5 Å². The van der Waals surface area contributed by atoms with Gasteiger partial charge in [0.05, 0.1) is 10.0 Å². The smallest absolute Gasteiger partial charge is 0.223 e. The van der Waals surface area contributed by atoms with E-state index in [2.05, 4.69) is 0 Å². The maximum absolute atomic E-state index is 11.8. The normalized spacial score (nSPS) is 22.6. The minimum Gasteiger partial charge on any atom is -0.506 e. The van der Waals surface area contributed by atoms with Crippen LogP contribution in [0.4, 0.5) is 0 Å². The monoisotopic (exact) mass is 454 g/mol. The van der Waals surface area contributed by atoms with Gasteiger partial charge in [-0.3, -0.25) is 0 Å². The van der Waals surface area contributed by atoms with E-state index < -0.39 is 11.6 Å². The maximum Gasteiger partial charge on any atom is 0.223 e. The van der Waals surface area contributed by atoms with Gasteiger partial charge in [0.2, 0.25) is 11.6 Å². The number of phenolic OH excluding ortho intramolecular Hbond substituents is 2. The van der Waals surface area contributed by atoms with E-state index in [0.717, 1.165) is 5.39 Å². The van der Waals surface area contributed by atoms with Crippen LogP contribution in [-0.2, 0) is 16.3 Å². The standard InChI is InChI=1S/C24H16Cl2O5/c25-18-11-14(7-9-20(18)27)23(29)16-5-1-3-13-4-2-6-17(22(13)16)24(30,31-23)15-8-10-21(28)19(26)12-15/h1-12,27-30H. The predicted octanol–water partition coefficient (Wildman–Crippen LogP) is 4.97. The zero-order valence-corrected chi connectivity index (χ0v) is 17.4. The Hall–Kier alpha value is -2.80. The number of hydrogen-bond acceptors (Lipinski definition) is 5. The maximum atomic E-state index is 11.8. The van der Waals surface area contributed by atoms with Crippen LogP contribution < -0.4 is 0 Å². The Labute approximate surface area is 187 Å². The van der Waals surface area contributed by atoms with Gasteiger partial charge in [-0.2, -0.15) is 0 Å². The second-order valence-corrected chi connectivity index (χ2v) is 8.25. The Balaban J connectivity index is 1.86. The summed E-state index contributed by atoms with van der Waals surface area (Å²) >= 11 is 12.2. The number of phenols is 2. The van der Waals surface area contributed by atoms with Gasteiger partial charge in [-0.15, -0.1) is 0 Å². The molecule has 0 fully saturated rings. The van der Waals surface area contributed by atoms with Crippen LogP contribution in [-0.4, -0.2) is 20.4 Å². The van der Waals surface area contributed by atoms with Gasteiger partial charge in [0.15, 0.2) is 0 Å². The van der Waals surface area contributed by atoms with Crippen LogP contribution in [0.1, 0.15) is 22.3 Å². The molecule has 5 nitrogen and oxygen atoms in total. The summed E-state index contributed by atoms with van der Waals surface area (Å²) in [7, 11) is 0. The van der Waals surface area contributed by atoms with E-state index >= 15 is 0 Å². The fraction of sp³-hybridized carbons (Fsp3) is 0.0833. The second-order valence-electron chi connectivity index (χ2n) is 7.43. The van der Waals surface area contributed by atoms with Crippen LogP contribution in [0.2, 0.25) is 10.0 Å². The summed E-state index contributed by atoms with van der Waals surface area (Å²) in [5, 5.41) is 44.8. The Morgan fingerprint density at radius 3 is 1.52 bits per heavy atom. The topological polar surface area (TPSA) is 90.2 Å².